The second-order valence-corrected chi connectivity index (χ2v) is 7.28. The molecule has 0 radical (unpaired) electrons. The Morgan fingerprint density at radius 3 is 2.66 bits per heavy atom. The summed E-state index contributed by atoms with van der Waals surface area (Å²) in [5.74, 6) is 0.0993. The maximum atomic E-state index is 11.6. The highest BCUT2D eigenvalue weighted by Crippen LogP contribution is 2.35. The molecule has 3 aromatic rings. The molecule has 0 saturated carbocycles. The van der Waals surface area contributed by atoms with E-state index in [1.54, 1.807) is 0 Å². The van der Waals surface area contributed by atoms with Gasteiger partial charge in [0.1, 0.15) is 17.9 Å². The number of para-hydroxylation sites is 1. The van der Waals surface area contributed by atoms with E-state index in [9.17, 15) is 9.90 Å². The van der Waals surface area contributed by atoms with Crippen LogP contribution in [0.1, 0.15) is 40.5 Å². The molecular formula is C22H20ClN3O3. The molecular weight excluding hydrogens is 390 g/mol. The van der Waals surface area contributed by atoms with Crippen molar-refractivity contribution in [1.29, 1.82) is 0 Å². The lowest BCUT2D eigenvalue weighted by Crippen LogP contribution is -2.26. The van der Waals surface area contributed by atoms with Gasteiger partial charge in [-0.3, -0.25) is 0 Å². The second kappa shape index (κ2) is 8.49. The minimum absolute atomic E-state index is 0.0481. The van der Waals surface area contributed by atoms with Crippen molar-refractivity contribution >= 4 is 23.5 Å². The Hall–Kier alpha value is -3.12. The first-order valence-corrected chi connectivity index (χ1v) is 9.79. The van der Waals surface area contributed by atoms with Gasteiger partial charge >= 0.3 is 5.97 Å². The molecule has 1 fully saturated rings. The number of aromatic nitrogens is 2. The lowest BCUT2D eigenvalue weighted by Gasteiger charge is -2.25. The van der Waals surface area contributed by atoms with Crippen molar-refractivity contribution in [1.82, 2.24) is 9.97 Å². The molecule has 2 aromatic carbocycles. The number of carboxylic acids is 1. The Bertz CT molecular complexity index is 996. The molecule has 0 bridgehead atoms. The quantitative estimate of drug-likeness (QED) is 0.633. The molecule has 1 aromatic heterocycles. The average Bonchev–Trinajstić information content (AvgIpc) is 3.23. The van der Waals surface area contributed by atoms with E-state index < -0.39 is 5.97 Å². The second-order valence-electron chi connectivity index (χ2n) is 6.84. The van der Waals surface area contributed by atoms with Crippen LogP contribution in [0.4, 0.5) is 5.95 Å². The van der Waals surface area contributed by atoms with Crippen molar-refractivity contribution in [3.05, 3.63) is 82.6 Å². The van der Waals surface area contributed by atoms with Crippen LogP contribution < -0.4 is 9.64 Å². The Labute approximate surface area is 173 Å². The molecule has 2 heterocycles. The van der Waals surface area contributed by atoms with Crippen LogP contribution in [-0.2, 0) is 6.61 Å². The number of halogens is 1. The molecule has 1 aliphatic heterocycles. The summed E-state index contributed by atoms with van der Waals surface area (Å²) in [7, 11) is 0. The van der Waals surface area contributed by atoms with E-state index >= 15 is 0 Å². The summed E-state index contributed by atoms with van der Waals surface area (Å²) in [4.78, 5) is 22.6. The van der Waals surface area contributed by atoms with Gasteiger partial charge in [-0.2, -0.15) is 0 Å². The van der Waals surface area contributed by atoms with E-state index in [0.29, 0.717) is 22.4 Å². The average molecular weight is 410 g/mol. The third-order valence-corrected chi connectivity index (χ3v) is 5.22. The van der Waals surface area contributed by atoms with Gasteiger partial charge in [-0.05, 0) is 42.7 Å². The molecule has 29 heavy (non-hydrogen) atoms. The normalized spacial score (nSPS) is 16.0. The molecule has 1 atom stereocenters. The molecule has 1 unspecified atom stereocenters. The van der Waals surface area contributed by atoms with Crippen LogP contribution in [0.5, 0.6) is 5.75 Å². The fraction of sp³-hybridized carbons (Fsp3) is 0.227. The van der Waals surface area contributed by atoms with E-state index in [2.05, 4.69) is 14.9 Å². The van der Waals surface area contributed by atoms with Crippen molar-refractivity contribution < 1.29 is 14.6 Å². The van der Waals surface area contributed by atoms with Crippen molar-refractivity contribution in [2.24, 2.45) is 0 Å². The summed E-state index contributed by atoms with van der Waals surface area (Å²) in [6.07, 6.45) is 3.35. The van der Waals surface area contributed by atoms with Crippen LogP contribution in [0.15, 0.2) is 60.8 Å². The Balaban J connectivity index is 1.61. The van der Waals surface area contributed by atoms with Gasteiger partial charge in [0.05, 0.1) is 11.7 Å². The summed E-state index contributed by atoms with van der Waals surface area (Å²) < 4.78 is 5.74. The number of rotatable bonds is 6. The van der Waals surface area contributed by atoms with E-state index in [-0.39, 0.29) is 18.2 Å². The van der Waals surface area contributed by atoms with Crippen molar-refractivity contribution in [2.75, 3.05) is 11.4 Å². The Kier molecular flexibility index (Phi) is 5.62. The zero-order chi connectivity index (χ0) is 20.2. The number of carboxylic acid groups (broad SMARTS) is 1. The Morgan fingerprint density at radius 2 is 1.93 bits per heavy atom. The maximum Gasteiger partial charge on any atom is 0.339 e. The van der Waals surface area contributed by atoms with Gasteiger partial charge in [0.2, 0.25) is 5.95 Å². The first kappa shape index (κ1) is 19.2. The van der Waals surface area contributed by atoms with E-state index in [0.717, 1.165) is 24.9 Å². The van der Waals surface area contributed by atoms with E-state index in [1.165, 1.54) is 6.20 Å². The molecule has 0 amide bonds. The summed E-state index contributed by atoms with van der Waals surface area (Å²) in [6.45, 7) is 0.860. The van der Waals surface area contributed by atoms with Gasteiger partial charge in [0.15, 0.2) is 0 Å². The maximum absolute atomic E-state index is 11.6. The van der Waals surface area contributed by atoms with Crippen LogP contribution in [-0.4, -0.2) is 27.6 Å². The molecule has 1 N–H and O–H groups in total. The first-order valence-electron chi connectivity index (χ1n) is 9.41. The number of benzene rings is 2. The zero-order valence-electron chi connectivity index (χ0n) is 15.7. The highest BCUT2D eigenvalue weighted by molar-refractivity contribution is 6.30. The summed E-state index contributed by atoms with van der Waals surface area (Å²) in [5, 5.41) is 10.2. The molecule has 0 aliphatic carbocycles. The minimum Gasteiger partial charge on any atom is -0.487 e. The van der Waals surface area contributed by atoms with Gasteiger partial charge < -0.3 is 14.7 Å². The van der Waals surface area contributed by atoms with E-state index in [1.807, 2.05) is 54.6 Å². The van der Waals surface area contributed by atoms with E-state index in [4.69, 9.17) is 16.3 Å². The highest BCUT2D eigenvalue weighted by atomic mass is 35.5. The summed E-state index contributed by atoms with van der Waals surface area (Å²) >= 11 is 6.02. The first-order chi connectivity index (χ1) is 14.1. The van der Waals surface area contributed by atoms with Crippen LogP contribution >= 0.6 is 11.6 Å². The van der Waals surface area contributed by atoms with Gasteiger partial charge in [-0.1, -0.05) is 41.9 Å². The number of aromatic carboxylic acids is 1. The van der Waals surface area contributed by atoms with Crippen molar-refractivity contribution in [3.63, 3.8) is 0 Å². The van der Waals surface area contributed by atoms with Crippen LogP contribution in [0.3, 0.4) is 0 Å². The number of carbonyl (C=O) groups is 1. The lowest BCUT2D eigenvalue weighted by atomic mass is 10.1. The lowest BCUT2D eigenvalue weighted by molar-refractivity contribution is 0.0692. The fourth-order valence-corrected chi connectivity index (χ4v) is 3.67. The van der Waals surface area contributed by atoms with Crippen molar-refractivity contribution in [3.8, 4) is 5.75 Å². The third-order valence-electron chi connectivity index (χ3n) is 4.97. The van der Waals surface area contributed by atoms with Crippen LogP contribution in [0.2, 0.25) is 5.02 Å². The Morgan fingerprint density at radius 1 is 1.17 bits per heavy atom. The summed E-state index contributed by atoms with van der Waals surface area (Å²) in [6, 6.07) is 17.2. The standard InChI is InChI=1S/C22H20ClN3O3/c23-16-10-8-15(9-11-16)20-7-4-12-26(20)22-24-13-18(21(27)28)19(25-22)14-29-17-5-2-1-3-6-17/h1-3,5-6,8-11,13,20H,4,7,12,14H2,(H,27,28). The number of anilines is 1. The van der Waals surface area contributed by atoms with Gasteiger partial charge in [0, 0.05) is 17.8 Å². The predicted octanol–water partition coefficient (Wildman–Crippen LogP) is 4.75. The van der Waals surface area contributed by atoms with Gasteiger partial charge in [-0.15, -0.1) is 0 Å². The van der Waals surface area contributed by atoms with Crippen molar-refractivity contribution in [2.45, 2.75) is 25.5 Å². The molecule has 4 rings (SSSR count). The number of hydrogen-bond donors (Lipinski definition) is 1. The van der Waals surface area contributed by atoms with Gasteiger partial charge in [0.25, 0.3) is 0 Å². The number of nitrogens with zero attached hydrogens (tertiary/aromatic N) is 3. The largest absolute Gasteiger partial charge is 0.487 e. The molecule has 1 saturated heterocycles. The number of hydrogen-bond acceptors (Lipinski definition) is 5. The fourth-order valence-electron chi connectivity index (χ4n) is 3.54. The SMILES string of the molecule is O=C(O)c1cnc(N2CCCC2c2ccc(Cl)cc2)nc1COc1ccccc1. The van der Waals surface area contributed by atoms with Crippen LogP contribution in [0, 0.1) is 0 Å². The molecule has 1 aliphatic rings. The monoisotopic (exact) mass is 409 g/mol. The molecule has 148 valence electrons. The summed E-state index contributed by atoms with van der Waals surface area (Å²) in [5.41, 5.74) is 1.54. The molecule has 0 spiro atoms. The topological polar surface area (TPSA) is 75.5 Å². The van der Waals surface area contributed by atoms with Crippen LogP contribution in [0.25, 0.3) is 0 Å². The third kappa shape index (κ3) is 4.32. The zero-order valence-corrected chi connectivity index (χ0v) is 16.4. The predicted molar refractivity (Wildman–Crippen MR) is 111 cm³/mol. The van der Waals surface area contributed by atoms with Gasteiger partial charge in [-0.25, -0.2) is 14.8 Å². The molecule has 7 heteroatoms. The minimum atomic E-state index is -1.07. The highest BCUT2D eigenvalue weighted by Gasteiger charge is 2.29. The molecule has 6 nitrogen and oxygen atoms in total. The smallest absolute Gasteiger partial charge is 0.339 e. The number of ether oxygens (including phenoxy) is 1.